The molecule has 9 heteroatoms. The Morgan fingerprint density at radius 3 is 2.81 bits per heavy atom. The number of carbonyl (C=O) groups excluding carboxylic acids is 1. The number of nitrogens with zero attached hydrogens (tertiary/aromatic N) is 1. The van der Waals surface area contributed by atoms with E-state index in [2.05, 4.69) is 20.9 Å². The normalized spacial score (nSPS) is 18.9. The molecule has 2 atom stereocenters. The molecule has 2 N–H and O–H groups in total. The lowest BCUT2D eigenvalue weighted by atomic mass is 10.1. The lowest BCUT2D eigenvalue weighted by Gasteiger charge is -2.12. The number of ether oxygens (including phenoxy) is 2. The zero-order valence-electron chi connectivity index (χ0n) is 14.1. The number of rotatable bonds is 6. The van der Waals surface area contributed by atoms with Gasteiger partial charge in [0.1, 0.15) is 28.8 Å². The Kier molecular flexibility index (Phi) is 6.01. The SMILES string of the molecule is COc1cccc(C2N=C(COc3ccc(F)c(C(N)=O)c3F)SC2Br)c1. The number of halogens is 3. The number of primary amides is 1. The van der Waals surface area contributed by atoms with E-state index in [-0.39, 0.29) is 22.6 Å². The maximum atomic E-state index is 14.2. The first-order valence-corrected chi connectivity index (χ1v) is 9.62. The van der Waals surface area contributed by atoms with Crippen molar-refractivity contribution in [2.45, 2.75) is 10.2 Å². The van der Waals surface area contributed by atoms with E-state index in [1.54, 1.807) is 7.11 Å². The van der Waals surface area contributed by atoms with Crippen molar-refractivity contribution in [2.24, 2.45) is 10.7 Å². The third-order valence-electron chi connectivity index (χ3n) is 3.87. The van der Waals surface area contributed by atoms with Crippen LogP contribution in [0.3, 0.4) is 0 Å². The summed E-state index contributed by atoms with van der Waals surface area (Å²) in [6.45, 7) is -0.0199. The minimum atomic E-state index is -1.19. The van der Waals surface area contributed by atoms with Crippen molar-refractivity contribution < 1.29 is 23.0 Å². The number of methoxy groups -OCH3 is 1. The predicted octanol–water partition coefficient (Wildman–Crippen LogP) is 4.06. The van der Waals surface area contributed by atoms with E-state index in [1.807, 2.05) is 24.3 Å². The van der Waals surface area contributed by atoms with Crippen molar-refractivity contribution >= 4 is 38.6 Å². The van der Waals surface area contributed by atoms with E-state index >= 15 is 0 Å². The average Bonchev–Trinajstić information content (AvgIpc) is 3.01. The van der Waals surface area contributed by atoms with E-state index in [9.17, 15) is 13.6 Å². The second-order valence-corrected chi connectivity index (χ2v) is 8.41. The van der Waals surface area contributed by atoms with Crippen molar-refractivity contribution in [2.75, 3.05) is 13.7 Å². The number of hydrogen-bond acceptors (Lipinski definition) is 5. The molecule has 3 rings (SSSR count). The molecule has 1 aliphatic rings. The molecule has 5 nitrogen and oxygen atoms in total. The van der Waals surface area contributed by atoms with Gasteiger partial charge in [0.15, 0.2) is 11.6 Å². The molecule has 2 aromatic carbocycles. The van der Waals surface area contributed by atoms with Gasteiger partial charge >= 0.3 is 0 Å². The molecule has 0 fully saturated rings. The van der Waals surface area contributed by atoms with Crippen LogP contribution in [0.4, 0.5) is 8.78 Å². The van der Waals surface area contributed by atoms with E-state index in [0.717, 1.165) is 23.4 Å². The molecule has 1 amide bonds. The standard InChI is InChI=1S/C18H15BrF2N2O3S/c1-25-10-4-2-3-9(7-10)16-17(19)27-13(23-16)8-26-12-6-5-11(20)14(15(12)21)18(22)24/h2-7,16-17H,8H2,1H3,(H2,22,24). The van der Waals surface area contributed by atoms with Gasteiger partial charge in [-0.15, -0.1) is 0 Å². The maximum Gasteiger partial charge on any atom is 0.254 e. The molecule has 1 heterocycles. The van der Waals surface area contributed by atoms with E-state index < -0.39 is 23.1 Å². The largest absolute Gasteiger partial charge is 0.497 e. The number of aliphatic imine (C=N–C) groups is 1. The number of benzene rings is 2. The first kappa shape index (κ1) is 19.6. The van der Waals surface area contributed by atoms with Crippen LogP contribution in [-0.2, 0) is 0 Å². The van der Waals surface area contributed by atoms with Gasteiger partial charge in [-0.1, -0.05) is 39.8 Å². The molecule has 0 aromatic heterocycles. The zero-order chi connectivity index (χ0) is 19.6. The van der Waals surface area contributed by atoms with Gasteiger partial charge in [-0.2, -0.15) is 0 Å². The van der Waals surface area contributed by atoms with Crippen molar-refractivity contribution in [1.82, 2.24) is 0 Å². The van der Waals surface area contributed by atoms with Crippen LogP contribution in [-0.4, -0.2) is 28.8 Å². The summed E-state index contributed by atoms with van der Waals surface area (Å²) in [4.78, 5) is 15.8. The highest BCUT2D eigenvalue weighted by atomic mass is 79.9. The molecule has 0 saturated heterocycles. The first-order valence-electron chi connectivity index (χ1n) is 7.82. The van der Waals surface area contributed by atoms with Crippen LogP contribution in [0.5, 0.6) is 11.5 Å². The van der Waals surface area contributed by atoms with Crippen molar-refractivity contribution in [3.8, 4) is 11.5 Å². The molecule has 2 aromatic rings. The zero-order valence-corrected chi connectivity index (χ0v) is 16.5. The summed E-state index contributed by atoms with van der Waals surface area (Å²) in [7, 11) is 1.59. The first-order chi connectivity index (χ1) is 12.9. The molecule has 0 bridgehead atoms. The molecular weight excluding hydrogens is 442 g/mol. The minimum absolute atomic E-state index is 0.0199. The Balaban J connectivity index is 1.75. The lowest BCUT2D eigenvalue weighted by molar-refractivity contribution is 0.0991. The van der Waals surface area contributed by atoms with E-state index in [1.165, 1.54) is 11.8 Å². The van der Waals surface area contributed by atoms with Gasteiger partial charge in [0.2, 0.25) is 0 Å². The molecule has 1 aliphatic heterocycles. The topological polar surface area (TPSA) is 73.9 Å². The molecule has 0 spiro atoms. The van der Waals surface area contributed by atoms with Gasteiger partial charge in [-0.25, -0.2) is 8.78 Å². The molecule has 2 unspecified atom stereocenters. The summed E-state index contributed by atoms with van der Waals surface area (Å²) < 4.78 is 38.4. The molecule has 0 radical (unpaired) electrons. The van der Waals surface area contributed by atoms with Crippen LogP contribution in [0.1, 0.15) is 22.0 Å². The summed E-state index contributed by atoms with van der Waals surface area (Å²) in [5.41, 5.74) is 5.15. The number of hydrogen-bond donors (Lipinski definition) is 1. The van der Waals surface area contributed by atoms with Gasteiger partial charge in [0.05, 0.1) is 17.3 Å². The van der Waals surface area contributed by atoms with Crippen molar-refractivity contribution in [3.63, 3.8) is 0 Å². The Bertz CT molecular complexity index is 910. The number of alkyl halides is 1. The van der Waals surface area contributed by atoms with Crippen LogP contribution in [0.15, 0.2) is 41.4 Å². The number of carbonyl (C=O) groups is 1. The molecule has 0 saturated carbocycles. The highest BCUT2D eigenvalue weighted by Crippen LogP contribution is 2.42. The minimum Gasteiger partial charge on any atom is -0.497 e. The fraction of sp³-hybridized carbons (Fsp3) is 0.222. The fourth-order valence-corrected chi connectivity index (χ4v) is 4.55. The third kappa shape index (κ3) is 4.24. The molecule has 27 heavy (non-hydrogen) atoms. The van der Waals surface area contributed by atoms with Crippen LogP contribution >= 0.6 is 27.7 Å². The van der Waals surface area contributed by atoms with Gasteiger partial charge < -0.3 is 15.2 Å². The van der Waals surface area contributed by atoms with Gasteiger partial charge in [-0.05, 0) is 29.8 Å². The van der Waals surface area contributed by atoms with Crippen molar-refractivity contribution in [1.29, 1.82) is 0 Å². The quantitative estimate of drug-likeness (QED) is 0.665. The Morgan fingerprint density at radius 1 is 1.33 bits per heavy atom. The predicted molar refractivity (Wildman–Crippen MR) is 104 cm³/mol. The summed E-state index contributed by atoms with van der Waals surface area (Å²) in [5.74, 6) is -2.88. The fourth-order valence-electron chi connectivity index (χ4n) is 2.57. The van der Waals surface area contributed by atoms with Crippen LogP contribution < -0.4 is 15.2 Å². The Labute approximate surface area is 167 Å². The summed E-state index contributed by atoms with van der Waals surface area (Å²) >= 11 is 5.01. The van der Waals surface area contributed by atoms with Crippen LogP contribution in [0.25, 0.3) is 0 Å². The summed E-state index contributed by atoms with van der Waals surface area (Å²) in [6.07, 6.45) is 0. The second-order valence-electron chi connectivity index (χ2n) is 5.60. The van der Waals surface area contributed by atoms with Crippen LogP contribution in [0.2, 0.25) is 0 Å². The number of thioether (sulfide) groups is 1. The molecular formula is C18H15BrF2N2O3S. The Hall–Kier alpha value is -2.13. The van der Waals surface area contributed by atoms with Gasteiger partial charge in [-0.3, -0.25) is 9.79 Å². The number of amides is 1. The van der Waals surface area contributed by atoms with Crippen LogP contribution in [0, 0.1) is 11.6 Å². The highest BCUT2D eigenvalue weighted by Gasteiger charge is 2.30. The smallest absolute Gasteiger partial charge is 0.254 e. The summed E-state index contributed by atoms with van der Waals surface area (Å²) in [6, 6.07) is 9.44. The number of nitrogens with two attached hydrogens (primary N) is 1. The Morgan fingerprint density at radius 2 is 2.11 bits per heavy atom. The molecule has 0 aliphatic carbocycles. The monoisotopic (exact) mass is 456 g/mol. The van der Waals surface area contributed by atoms with Gasteiger partial charge in [0.25, 0.3) is 5.91 Å². The second kappa shape index (κ2) is 8.26. The molecule has 142 valence electrons. The van der Waals surface area contributed by atoms with E-state index in [0.29, 0.717) is 5.04 Å². The lowest BCUT2D eigenvalue weighted by Crippen LogP contribution is -2.17. The van der Waals surface area contributed by atoms with E-state index in [4.69, 9.17) is 15.2 Å². The average molecular weight is 457 g/mol. The van der Waals surface area contributed by atoms with Gasteiger partial charge in [0, 0.05) is 0 Å². The third-order valence-corrected chi connectivity index (χ3v) is 5.91. The maximum absolute atomic E-state index is 14.2. The highest BCUT2D eigenvalue weighted by molar-refractivity contribution is 9.11. The summed E-state index contributed by atoms with van der Waals surface area (Å²) in [5, 5.41) is 0.633. The van der Waals surface area contributed by atoms with Crippen molar-refractivity contribution in [3.05, 3.63) is 59.2 Å².